The van der Waals surface area contributed by atoms with Crippen LogP contribution in [0.3, 0.4) is 0 Å². The number of nitrogens with zero attached hydrogens (tertiary/aromatic N) is 1. The minimum absolute atomic E-state index is 0.00111. The summed E-state index contributed by atoms with van der Waals surface area (Å²) in [5.74, 6) is 0.0866. The molecule has 0 saturated carbocycles. The Morgan fingerprint density at radius 3 is 2.35 bits per heavy atom. The maximum atomic E-state index is 14.3. The molecule has 34 heavy (non-hydrogen) atoms. The Morgan fingerprint density at radius 2 is 1.76 bits per heavy atom. The molecule has 6 nitrogen and oxygen atoms in total. The number of benzene rings is 2. The van der Waals surface area contributed by atoms with E-state index in [1.807, 2.05) is 49.4 Å². The van der Waals surface area contributed by atoms with Gasteiger partial charge in [-0.2, -0.15) is 0 Å². The van der Waals surface area contributed by atoms with Crippen LogP contribution in [0.5, 0.6) is 0 Å². The first-order valence-corrected chi connectivity index (χ1v) is 12.6. The second-order valence-corrected chi connectivity index (χ2v) is 10.4. The first kappa shape index (κ1) is 24.8. The van der Waals surface area contributed by atoms with E-state index in [-0.39, 0.29) is 23.9 Å². The first-order chi connectivity index (χ1) is 16.3. The summed E-state index contributed by atoms with van der Waals surface area (Å²) in [6, 6.07) is 15.6. The molecule has 2 aromatic carbocycles. The van der Waals surface area contributed by atoms with Crippen molar-refractivity contribution in [2.24, 2.45) is 5.41 Å². The fourth-order valence-electron chi connectivity index (χ4n) is 5.52. The fourth-order valence-corrected chi connectivity index (χ4v) is 5.85. The lowest BCUT2D eigenvalue weighted by Gasteiger charge is -2.52. The summed E-state index contributed by atoms with van der Waals surface area (Å²) in [4.78, 5) is 32.8. The summed E-state index contributed by atoms with van der Waals surface area (Å²) in [7, 11) is 0. The van der Waals surface area contributed by atoms with Crippen LogP contribution in [0.2, 0.25) is 10.0 Å². The second-order valence-electron chi connectivity index (χ2n) is 9.51. The lowest BCUT2D eigenvalue weighted by atomic mass is 9.66. The number of piperidine rings is 1. The minimum atomic E-state index is -0.725. The third kappa shape index (κ3) is 4.90. The zero-order chi connectivity index (χ0) is 24.5. The molecular weight excluding hydrogens is 473 g/mol. The van der Waals surface area contributed by atoms with Gasteiger partial charge in [-0.15, -0.1) is 5.48 Å². The summed E-state index contributed by atoms with van der Waals surface area (Å²) >= 11 is 12.6. The topological polar surface area (TPSA) is 70.7 Å². The van der Waals surface area contributed by atoms with Crippen molar-refractivity contribution >= 4 is 35.2 Å². The van der Waals surface area contributed by atoms with Crippen LogP contribution in [-0.2, 0) is 9.63 Å². The number of carbonyl (C=O) groups excluding carboxylic acids is 2. The highest BCUT2D eigenvalue weighted by molar-refractivity contribution is 6.30. The van der Waals surface area contributed by atoms with Gasteiger partial charge in [0, 0.05) is 22.0 Å². The van der Waals surface area contributed by atoms with Crippen LogP contribution in [0.15, 0.2) is 48.5 Å². The van der Waals surface area contributed by atoms with Crippen molar-refractivity contribution in [2.45, 2.75) is 70.6 Å². The zero-order valence-corrected chi connectivity index (χ0v) is 21.2. The summed E-state index contributed by atoms with van der Waals surface area (Å²) in [5.41, 5.74) is 4.13. The van der Waals surface area contributed by atoms with Crippen LogP contribution in [0.25, 0.3) is 0 Å². The molecule has 0 radical (unpaired) electrons. The second kappa shape index (κ2) is 10.1. The van der Waals surface area contributed by atoms with Crippen LogP contribution in [0, 0.1) is 5.41 Å². The van der Waals surface area contributed by atoms with E-state index in [1.54, 1.807) is 0 Å². The Hall–Kier alpha value is -2.28. The van der Waals surface area contributed by atoms with E-state index < -0.39 is 17.7 Å². The van der Waals surface area contributed by atoms with Crippen LogP contribution in [0.4, 0.5) is 4.79 Å². The van der Waals surface area contributed by atoms with E-state index in [1.165, 1.54) is 0 Å². The Kier molecular flexibility index (Phi) is 7.41. The molecule has 4 atom stereocenters. The number of nitrogens with one attached hydrogen (secondary N) is 2. The normalized spacial score (nSPS) is 27.1. The predicted octanol–water partition coefficient (Wildman–Crippen LogP) is 6.21. The maximum Gasteiger partial charge on any atom is 0.427 e. The molecule has 2 N–H and O–H groups in total. The molecule has 2 saturated heterocycles. The maximum absolute atomic E-state index is 14.3. The molecule has 0 aliphatic carbocycles. The Morgan fingerprint density at radius 1 is 1.06 bits per heavy atom. The Labute approximate surface area is 210 Å². The summed E-state index contributed by atoms with van der Waals surface area (Å²) in [6.07, 6.45) is 1.73. The smallest absolute Gasteiger partial charge is 0.352 e. The molecule has 2 fully saturated rings. The van der Waals surface area contributed by atoms with Gasteiger partial charge in [-0.05, 0) is 61.1 Å². The lowest BCUT2D eigenvalue weighted by Crippen LogP contribution is -2.57. The number of hydroxylamine groups is 1. The number of likely N-dealkylation sites (tertiary alicyclic amines) is 1. The standard InChI is InChI=1S/C26H31Cl2N3O3/c1-4-20(5-2)31-23(16-9-11-18(27)12-10-16)21(17-7-6-8-19(28)13-17)14-26(3,24(31)32)15-22-29-25(33)34-30-22/h6-13,20-23,30H,4-5,14-15H2,1-3H3,(H,29,33)/t21-,22?,23-,26-/m1/s1. The van der Waals surface area contributed by atoms with Crippen molar-refractivity contribution in [2.75, 3.05) is 0 Å². The van der Waals surface area contributed by atoms with Crippen molar-refractivity contribution in [3.05, 3.63) is 69.7 Å². The van der Waals surface area contributed by atoms with Crippen LogP contribution in [0.1, 0.15) is 69.5 Å². The number of carbonyl (C=O) groups is 2. The summed E-state index contributed by atoms with van der Waals surface area (Å²) in [5, 5.41) is 4.08. The highest BCUT2D eigenvalue weighted by Gasteiger charge is 2.52. The van der Waals surface area contributed by atoms with Crippen molar-refractivity contribution in [3.63, 3.8) is 0 Å². The average Bonchev–Trinajstić information content (AvgIpc) is 3.22. The van der Waals surface area contributed by atoms with Gasteiger partial charge >= 0.3 is 6.09 Å². The van der Waals surface area contributed by atoms with Gasteiger partial charge in [0.05, 0.1) is 11.5 Å². The number of hydrogen-bond acceptors (Lipinski definition) is 4. The third-order valence-corrected chi connectivity index (χ3v) is 7.65. The van der Waals surface area contributed by atoms with Gasteiger partial charge in [0.15, 0.2) is 0 Å². The first-order valence-electron chi connectivity index (χ1n) is 11.8. The molecule has 2 aromatic rings. The summed E-state index contributed by atoms with van der Waals surface area (Å²) < 4.78 is 0. The van der Waals surface area contributed by atoms with Gasteiger partial charge in [0.2, 0.25) is 5.91 Å². The van der Waals surface area contributed by atoms with Gasteiger partial charge < -0.3 is 15.1 Å². The van der Waals surface area contributed by atoms with E-state index in [4.69, 9.17) is 28.0 Å². The molecule has 0 spiro atoms. The largest absolute Gasteiger partial charge is 0.427 e. The molecule has 0 aromatic heterocycles. The Bertz CT molecular complexity index is 1040. The molecule has 2 aliphatic rings. The predicted molar refractivity (Wildman–Crippen MR) is 133 cm³/mol. The molecule has 182 valence electrons. The van der Waals surface area contributed by atoms with Crippen molar-refractivity contribution in [3.8, 4) is 0 Å². The number of rotatable bonds is 7. The van der Waals surface area contributed by atoms with Gasteiger partial charge in [-0.25, -0.2) is 4.79 Å². The summed E-state index contributed by atoms with van der Waals surface area (Å²) in [6.45, 7) is 6.23. The van der Waals surface area contributed by atoms with Crippen molar-refractivity contribution in [1.82, 2.24) is 15.7 Å². The van der Waals surface area contributed by atoms with E-state index in [0.29, 0.717) is 22.9 Å². The third-order valence-electron chi connectivity index (χ3n) is 7.17. The molecule has 8 heteroatoms. The zero-order valence-electron chi connectivity index (χ0n) is 19.7. The fraction of sp³-hybridized carbons (Fsp3) is 0.462. The van der Waals surface area contributed by atoms with E-state index in [9.17, 15) is 9.59 Å². The average molecular weight is 504 g/mol. The Balaban J connectivity index is 1.83. The number of hydrogen-bond donors (Lipinski definition) is 2. The SMILES string of the molecule is CCC(CC)N1C(=O)[C@@](C)(CC2NOC(=O)N2)C[C@H](c2cccc(Cl)c2)[C@H]1c1ccc(Cl)cc1. The van der Waals surface area contributed by atoms with Gasteiger partial charge in [-0.3, -0.25) is 4.79 Å². The van der Waals surface area contributed by atoms with E-state index in [2.05, 4.69) is 35.6 Å². The molecular formula is C26H31Cl2N3O3. The molecule has 0 bridgehead atoms. The van der Waals surface area contributed by atoms with E-state index in [0.717, 1.165) is 24.0 Å². The highest BCUT2D eigenvalue weighted by Crippen LogP contribution is 2.52. The van der Waals surface area contributed by atoms with Gasteiger partial charge in [0.25, 0.3) is 0 Å². The number of amides is 2. The minimum Gasteiger partial charge on any atom is -0.352 e. The molecule has 1 unspecified atom stereocenters. The monoisotopic (exact) mass is 503 g/mol. The lowest BCUT2D eigenvalue weighted by molar-refractivity contribution is -0.156. The van der Waals surface area contributed by atoms with Crippen LogP contribution >= 0.6 is 23.2 Å². The number of halogens is 2. The molecule has 4 rings (SSSR count). The van der Waals surface area contributed by atoms with Crippen molar-refractivity contribution < 1.29 is 14.4 Å². The van der Waals surface area contributed by atoms with Crippen LogP contribution < -0.4 is 10.8 Å². The quantitative estimate of drug-likeness (QED) is 0.471. The van der Waals surface area contributed by atoms with Crippen molar-refractivity contribution in [1.29, 1.82) is 0 Å². The molecule has 2 heterocycles. The van der Waals surface area contributed by atoms with Crippen LogP contribution in [-0.4, -0.2) is 29.1 Å². The van der Waals surface area contributed by atoms with E-state index >= 15 is 0 Å². The van der Waals surface area contributed by atoms with Gasteiger partial charge in [-0.1, -0.05) is 68.2 Å². The highest BCUT2D eigenvalue weighted by atomic mass is 35.5. The van der Waals surface area contributed by atoms with Gasteiger partial charge in [0.1, 0.15) is 6.17 Å². The molecule has 2 aliphatic heterocycles. The molecule has 2 amide bonds.